The van der Waals surface area contributed by atoms with Crippen LogP contribution in [0.5, 0.6) is 0 Å². The van der Waals surface area contributed by atoms with Crippen LogP contribution in [0, 0.1) is 0 Å². The standard InChI is InChI=1S/C6H7Cl3O4/c7-6(8,9)5-12-3-2(10)1-11-4(3)13-5/h2-5,10H,1H2. The summed E-state index contributed by atoms with van der Waals surface area (Å²) in [6.45, 7) is 0.182. The van der Waals surface area contributed by atoms with Gasteiger partial charge in [-0.15, -0.1) is 0 Å². The van der Waals surface area contributed by atoms with Gasteiger partial charge in [0.2, 0.25) is 10.1 Å². The molecular formula is C6H7Cl3O4. The third-order valence-electron chi connectivity index (χ3n) is 1.88. The van der Waals surface area contributed by atoms with Gasteiger partial charge in [0.1, 0.15) is 12.2 Å². The van der Waals surface area contributed by atoms with Crippen molar-refractivity contribution in [2.75, 3.05) is 6.61 Å². The third kappa shape index (κ3) is 1.90. The van der Waals surface area contributed by atoms with Crippen LogP contribution in [-0.2, 0) is 14.2 Å². The number of ether oxygens (including phenoxy) is 3. The van der Waals surface area contributed by atoms with Crippen LogP contribution in [0.15, 0.2) is 0 Å². The smallest absolute Gasteiger partial charge is 0.241 e. The zero-order valence-corrected chi connectivity index (χ0v) is 8.59. The molecule has 76 valence electrons. The van der Waals surface area contributed by atoms with Crippen LogP contribution in [0.2, 0.25) is 0 Å². The molecule has 0 aromatic heterocycles. The predicted octanol–water partition coefficient (Wildman–Crippen LogP) is 0.815. The molecule has 4 atom stereocenters. The molecular weight excluding hydrogens is 242 g/mol. The van der Waals surface area contributed by atoms with Crippen LogP contribution in [0.25, 0.3) is 0 Å². The van der Waals surface area contributed by atoms with Crippen molar-refractivity contribution in [1.82, 2.24) is 0 Å². The fourth-order valence-corrected chi connectivity index (χ4v) is 1.60. The van der Waals surface area contributed by atoms with Crippen molar-refractivity contribution in [3.05, 3.63) is 0 Å². The van der Waals surface area contributed by atoms with Gasteiger partial charge in [-0.05, 0) is 0 Å². The Morgan fingerprint density at radius 2 is 1.92 bits per heavy atom. The summed E-state index contributed by atoms with van der Waals surface area (Å²) in [4.78, 5) is 0. The maximum atomic E-state index is 9.32. The number of rotatable bonds is 0. The second-order valence-electron chi connectivity index (χ2n) is 2.88. The highest BCUT2D eigenvalue weighted by Gasteiger charge is 2.52. The van der Waals surface area contributed by atoms with Crippen LogP contribution in [0.4, 0.5) is 0 Å². The minimum absolute atomic E-state index is 0.182. The minimum Gasteiger partial charge on any atom is -0.388 e. The van der Waals surface area contributed by atoms with Crippen LogP contribution >= 0.6 is 34.8 Å². The topological polar surface area (TPSA) is 47.9 Å². The molecule has 2 aliphatic heterocycles. The maximum absolute atomic E-state index is 9.32. The van der Waals surface area contributed by atoms with E-state index in [1.54, 1.807) is 0 Å². The normalized spacial score (nSPS) is 45.2. The number of hydrogen-bond acceptors (Lipinski definition) is 4. The van der Waals surface area contributed by atoms with Gasteiger partial charge in [0, 0.05) is 0 Å². The second kappa shape index (κ2) is 3.38. The van der Waals surface area contributed by atoms with Gasteiger partial charge in [-0.1, -0.05) is 34.8 Å². The van der Waals surface area contributed by atoms with E-state index in [9.17, 15) is 5.11 Å². The SMILES string of the molecule is OC1COC2OC(C(Cl)(Cl)Cl)OC12. The average Bonchev–Trinajstić information content (AvgIpc) is 2.51. The molecule has 0 spiro atoms. The molecule has 0 radical (unpaired) electrons. The minimum atomic E-state index is -1.66. The number of hydrogen-bond donors (Lipinski definition) is 1. The van der Waals surface area contributed by atoms with Crippen molar-refractivity contribution in [3.8, 4) is 0 Å². The van der Waals surface area contributed by atoms with E-state index in [0.29, 0.717) is 0 Å². The van der Waals surface area contributed by atoms with Gasteiger partial charge in [0.25, 0.3) is 0 Å². The molecule has 0 aliphatic carbocycles. The highest BCUT2D eigenvalue weighted by Crippen LogP contribution is 2.40. The Morgan fingerprint density at radius 3 is 2.46 bits per heavy atom. The Labute approximate surface area is 89.6 Å². The van der Waals surface area contributed by atoms with Gasteiger partial charge in [-0.2, -0.15) is 0 Å². The lowest BCUT2D eigenvalue weighted by Crippen LogP contribution is -2.31. The summed E-state index contributed by atoms with van der Waals surface area (Å²) in [6, 6.07) is 0. The summed E-state index contributed by atoms with van der Waals surface area (Å²) >= 11 is 16.6. The van der Waals surface area contributed by atoms with Gasteiger partial charge in [0.15, 0.2) is 6.29 Å². The van der Waals surface area contributed by atoms with Crippen molar-refractivity contribution in [2.24, 2.45) is 0 Å². The van der Waals surface area contributed by atoms with Crippen molar-refractivity contribution >= 4 is 34.8 Å². The molecule has 1 N–H and O–H groups in total. The molecule has 0 bridgehead atoms. The molecule has 2 saturated heterocycles. The average molecular weight is 249 g/mol. The van der Waals surface area contributed by atoms with E-state index in [4.69, 9.17) is 49.0 Å². The molecule has 0 aromatic carbocycles. The summed E-state index contributed by atoms with van der Waals surface area (Å²) < 4.78 is 13.7. The van der Waals surface area contributed by atoms with Gasteiger partial charge in [0.05, 0.1) is 6.61 Å². The monoisotopic (exact) mass is 248 g/mol. The molecule has 13 heavy (non-hydrogen) atoms. The fraction of sp³-hybridized carbons (Fsp3) is 1.00. The largest absolute Gasteiger partial charge is 0.388 e. The molecule has 2 heterocycles. The van der Waals surface area contributed by atoms with Crippen molar-refractivity contribution in [2.45, 2.75) is 28.6 Å². The van der Waals surface area contributed by atoms with Crippen molar-refractivity contribution in [3.63, 3.8) is 0 Å². The first-order chi connectivity index (χ1) is 5.98. The first-order valence-corrected chi connectivity index (χ1v) is 4.79. The Balaban J connectivity index is 2.03. The van der Waals surface area contributed by atoms with Gasteiger partial charge in [-0.3, -0.25) is 0 Å². The van der Waals surface area contributed by atoms with Crippen molar-refractivity contribution in [1.29, 1.82) is 0 Å². The van der Waals surface area contributed by atoms with E-state index < -0.39 is 28.6 Å². The number of alkyl halides is 3. The van der Waals surface area contributed by atoms with E-state index in [0.717, 1.165) is 0 Å². The lowest BCUT2D eigenvalue weighted by molar-refractivity contribution is -0.143. The molecule has 0 aromatic rings. The van der Waals surface area contributed by atoms with E-state index in [1.165, 1.54) is 0 Å². The van der Waals surface area contributed by atoms with E-state index >= 15 is 0 Å². The lowest BCUT2D eigenvalue weighted by Gasteiger charge is -2.19. The molecule has 7 heteroatoms. The van der Waals surface area contributed by atoms with Gasteiger partial charge in [-0.25, -0.2) is 0 Å². The zero-order chi connectivity index (χ0) is 9.64. The summed E-state index contributed by atoms with van der Waals surface area (Å²) in [7, 11) is 0. The Morgan fingerprint density at radius 1 is 1.23 bits per heavy atom. The molecule has 4 nitrogen and oxygen atoms in total. The summed E-state index contributed by atoms with van der Waals surface area (Å²) in [6.07, 6.45) is -2.89. The predicted molar refractivity (Wildman–Crippen MR) is 45.8 cm³/mol. The van der Waals surface area contributed by atoms with Crippen molar-refractivity contribution < 1.29 is 19.3 Å². The molecule has 2 fully saturated rings. The molecule has 2 aliphatic rings. The Kier molecular flexibility index (Phi) is 2.66. The van der Waals surface area contributed by atoms with Crippen LogP contribution < -0.4 is 0 Å². The van der Waals surface area contributed by atoms with E-state index in [2.05, 4.69) is 0 Å². The summed E-state index contributed by atoms with van der Waals surface area (Å²) in [5.41, 5.74) is 0. The van der Waals surface area contributed by atoms with Gasteiger partial charge >= 0.3 is 0 Å². The highest BCUT2D eigenvalue weighted by molar-refractivity contribution is 6.67. The number of aliphatic hydroxyl groups excluding tert-OH is 1. The number of halogens is 3. The zero-order valence-electron chi connectivity index (χ0n) is 6.32. The lowest BCUT2D eigenvalue weighted by atomic mass is 10.2. The van der Waals surface area contributed by atoms with E-state index in [1.807, 2.05) is 0 Å². The van der Waals surface area contributed by atoms with E-state index in [-0.39, 0.29) is 6.61 Å². The number of aliphatic hydroxyl groups is 1. The van der Waals surface area contributed by atoms with Crippen LogP contribution in [-0.4, -0.2) is 40.3 Å². The second-order valence-corrected chi connectivity index (χ2v) is 5.25. The molecule has 2 rings (SSSR count). The molecule has 0 saturated carbocycles. The highest BCUT2D eigenvalue weighted by atomic mass is 35.6. The van der Waals surface area contributed by atoms with Crippen LogP contribution in [0.3, 0.4) is 0 Å². The maximum Gasteiger partial charge on any atom is 0.241 e. The quantitative estimate of drug-likeness (QED) is 0.646. The number of fused-ring (bicyclic) bond motifs is 1. The first kappa shape index (κ1) is 10.2. The van der Waals surface area contributed by atoms with Gasteiger partial charge < -0.3 is 19.3 Å². The Bertz CT molecular complexity index is 207. The first-order valence-electron chi connectivity index (χ1n) is 3.66. The third-order valence-corrected chi connectivity index (χ3v) is 2.42. The Hall–Kier alpha value is 0.710. The fourth-order valence-electron chi connectivity index (χ4n) is 1.29. The summed E-state index contributed by atoms with van der Waals surface area (Å²) in [5.74, 6) is 0. The molecule has 0 amide bonds. The molecule has 4 unspecified atom stereocenters. The van der Waals surface area contributed by atoms with Crippen LogP contribution in [0.1, 0.15) is 0 Å². The summed E-state index contributed by atoms with van der Waals surface area (Å²) in [5, 5.41) is 9.32.